The van der Waals surface area contributed by atoms with Crippen molar-refractivity contribution in [2.75, 3.05) is 19.8 Å². The molecule has 3 heterocycles. The van der Waals surface area contributed by atoms with Crippen molar-refractivity contribution in [3.63, 3.8) is 0 Å². The second kappa shape index (κ2) is 7.14. The molecule has 0 radical (unpaired) electrons. The first-order valence-corrected chi connectivity index (χ1v) is 9.74. The average Bonchev–Trinajstić information content (AvgIpc) is 3.28. The van der Waals surface area contributed by atoms with E-state index in [-0.39, 0.29) is 11.9 Å². The van der Waals surface area contributed by atoms with Gasteiger partial charge >= 0.3 is 0 Å². The summed E-state index contributed by atoms with van der Waals surface area (Å²) in [6.07, 6.45) is 2.56. The summed E-state index contributed by atoms with van der Waals surface area (Å²) >= 11 is 6.57. The number of aliphatic hydroxyl groups excluding tert-OH is 1. The molecule has 2 N–H and O–H groups in total. The maximum Gasteiger partial charge on any atom is 0.248 e. The highest BCUT2D eigenvalue weighted by Crippen LogP contribution is 2.46. The molecule has 1 aliphatic rings. The van der Waals surface area contributed by atoms with Crippen molar-refractivity contribution in [1.29, 1.82) is 0 Å². The first-order chi connectivity index (χ1) is 13.5. The SMILES string of the molecule is CCOc1c(Cl)cc(-c2ccn(C)n2)c2c3c([nH]c12)CCN(C(=O)CO)[C@H]3C. The third-order valence-corrected chi connectivity index (χ3v) is 5.61. The number of ether oxygens (including phenoxy) is 1. The van der Waals surface area contributed by atoms with Gasteiger partial charge in [-0.2, -0.15) is 5.10 Å². The molecule has 7 nitrogen and oxygen atoms in total. The Morgan fingerprint density at radius 3 is 2.93 bits per heavy atom. The number of aromatic amines is 1. The minimum atomic E-state index is -0.495. The van der Waals surface area contributed by atoms with Crippen LogP contribution in [0.1, 0.15) is 31.1 Å². The van der Waals surface area contributed by atoms with Gasteiger partial charge in [0.15, 0.2) is 5.75 Å². The number of aryl methyl sites for hydroxylation is 1. The fourth-order valence-electron chi connectivity index (χ4n) is 4.12. The lowest BCUT2D eigenvalue weighted by Crippen LogP contribution is -2.40. The molecule has 0 saturated carbocycles. The molecule has 2 aromatic heterocycles. The number of nitrogens with zero attached hydrogens (tertiary/aromatic N) is 3. The number of aliphatic hydroxyl groups is 1. The van der Waals surface area contributed by atoms with Crippen LogP contribution in [0.15, 0.2) is 18.3 Å². The van der Waals surface area contributed by atoms with Crippen molar-refractivity contribution < 1.29 is 14.6 Å². The summed E-state index contributed by atoms with van der Waals surface area (Å²) in [6, 6.07) is 3.63. The lowest BCUT2D eigenvalue weighted by molar-refractivity contribution is -0.136. The van der Waals surface area contributed by atoms with Crippen LogP contribution in [0.2, 0.25) is 5.02 Å². The number of rotatable bonds is 4. The standard InChI is InChI=1S/C20H23ClN4O3/c1-4-28-20-13(21)9-12(14-5-7-24(3)23-14)18-17-11(2)25(16(27)10-26)8-6-15(17)22-19(18)20/h5,7,9,11,22,26H,4,6,8,10H2,1-3H3/t11-/m0/s1. The van der Waals surface area contributed by atoms with Crippen molar-refractivity contribution >= 4 is 28.4 Å². The molecule has 0 fully saturated rings. The molecule has 8 heteroatoms. The number of hydrogen-bond donors (Lipinski definition) is 2. The van der Waals surface area contributed by atoms with Gasteiger partial charge in [-0.15, -0.1) is 0 Å². The zero-order valence-corrected chi connectivity index (χ0v) is 16.9. The molecule has 4 rings (SSSR count). The first kappa shape index (κ1) is 18.8. The molecule has 1 atom stereocenters. The largest absolute Gasteiger partial charge is 0.490 e. The van der Waals surface area contributed by atoms with Crippen LogP contribution in [0, 0.1) is 0 Å². The highest BCUT2D eigenvalue weighted by Gasteiger charge is 2.33. The summed E-state index contributed by atoms with van der Waals surface area (Å²) in [5.74, 6) is 0.339. The van der Waals surface area contributed by atoms with Gasteiger partial charge in [-0.05, 0) is 26.0 Å². The van der Waals surface area contributed by atoms with E-state index < -0.39 is 6.61 Å². The van der Waals surface area contributed by atoms with Gasteiger partial charge in [0.1, 0.15) is 6.61 Å². The Hall–Kier alpha value is -2.51. The number of fused-ring (bicyclic) bond motifs is 3. The Kier molecular flexibility index (Phi) is 4.81. The topological polar surface area (TPSA) is 83.4 Å². The minimum absolute atomic E-state index is 0.185. The highest BCUT2D eigenvalue weighted by molar-refractivity contribution is 6.34. The van der Waals surface area contributed by atoms with Crippen LogP contribution in [0.25, 0.3) is 22.2 Å². The normalized spacial score (nSPS) is 16.5. The summed E-state index contributed by atoms with van der Waals surface area (Å²) in [7, 11) is 1.87. The number of aromatic nitrogens is 3. The molecule has 0 saturated heterocycles. The third-order valence-electron chi connectivity index (χ3n) is 5.33. The maximum absolute atomic E-state index is 12.2. The van der Waals surface area contributed by atoms with Crippen LogP contribution in [-0.2, 0) is 18.3 Å². The Labute approximate surface area is 167 Å². The predicted octanol–water partition coefficient (Wildman–Crippen LogP) is 3.06. The van der Waals surface area contributed by atoms with Crippen molar-refractivity contribution in [1.82, 2.24) is 19.7 Å². The number of nitrogens with one attached hydrogen (secondary N) is 1. The van der Waals surface area contributed by atoms with E-state index in [0.29, 0.717) is 30.3 Å². The lowest BCUT2D eigenvalue weighted by atomic mass is 9.93. The van der Waals surface area contributed by atoms with Crippen molar-refractivity contribution in [2.45, 2.75) is 26.3 Å². The highest BCUT2D eigenvalue weighted by atomic mass is 35.5. The van der Waals surface area contributed by atoms with Crippen LogP contribution < -0.4 is 4.74 Å². The Bertz CT molecular complexity index is 1060. The van der Waals surface area contributed by atoms with Gasteiger partial charge in [0.05, 0.1) is 28.9 Å². The number of amides is 1. The molecule has 0 bridgehead atoms. The van der Waals surface area contributed by atoms with Gasteiger partial charge in [-0.3, -0.25) is 9.48 Å². The van der Waals surface area contributed by atoms with Crippen LogP contribution in [0.4, 0.5) is 0 Å². The van der Waals surface area contributed by atoms with Crippen molar-refractivity contribution in [3.05, 3.63) is 34.6 Å². The number of H-pyrrole nitrogens is 1. The Balaban J connectivity index is 2.02. The Morgan fingerprint density at radius 1 is 1.50 bits per heavy atom. The second-order valence-electron chi connectivity index (χ2n) is 6.98. The monoisotopic (exact) mass is 402 g/mol. The van der Waals surface area contributed by atoms with E-state index in [1.807, 2.05) is 39.2 Å². The summed E-state index contributed by atoms with van der Waals surface area (Å²) in [5, 5.41) is 15.4. The van der Waals surface area contributed by atoms with E-state index in [1.165, 1.54) is 0 Å². The molecule has 0 spiro atoms. The summed E-state index contributed by atoms with van der Waals surface area (Å²) in [4.78, 5) is 17.4. The van der Waals surface area contributed by atoms with E-state index in [2.05, 4.69) is 10.1 Å². The number of benzene rings is 1. The van der Waals surface area contributed by atoms with Crippen LogP contribution in [0.5, 0.6) is 5.75 Å². The molecule has 1 aliphatic heterocycles. The lowest BCUT2D eigenvalue weighted by Gasteiger charge is -2.33. The van der Waals surface area contributed by atoms with Gasteiger partial charge < -0.3 is 19.7 Å². The van der Waals surface area contributed by atoms with Gasteiger partial charge in [-0.25, -0.2) is 0 Å². The minimum Gasteiger partial charge on any atom is -0.490 e. The molecule has 148 valence electrons. The molecule has 3 aromatic rings. The predicted molar refractivity (Wildman–Crippen MR) is 108 cm³/mol. The number of carbonyl (C=O) groups excluding carboxylic acids is 1. The van der Waals surface area contributed by atoms with E-state index >= 15 is 0 Å². The zero-order valence-electron chi connectivity index (χ0n) is 16.1. The number of halogens is 1. The number of hydrogen-bond acceptors (Lipinski definition) is 4. The molecule has 1 aromatic carbocycles. The van der Waals surface area contributed by atoms with Crippen LogP contribution in [-0.4, -0.2) is 50.4 Å². The maximum atomic E-state index is 12.2. The quantitative estimate of drug-likeness (QED) is 0.702. The summed E-state index contributed by atoms with van der Waals surface area (Å²) < 4.78 is 7.59. The zero-order chi connectivity index (χ0) is 20.0. The second-order valence-corrected chi connectivity index (χ2v) is 7.39. The first-order valence-electron chi connectivity index (χ1n) is 9.36. The molecule has 28 heavy (non-hydrogen) atoms. The smallest absolute Gasteiger partial charge is 0.248 e. The van der Waals surface area contributed by atoms with E-state index in [9.17, 15) is 9.90 Å². The summed E-state index contributed by atoms with van der Waals surface area (Å²) in [6.45, 7) is 4.45. The fourth-order valence-corrected chi connectivity index (χ4v) is 4.38. The van der Waals surface area contributed by atoms with Crippen molar-refractivity contribution in [2.24, 2.45) is 7.05 Å². The number of carbonyl (C=O) groups is 1. The molecular formula is C20H23ClN4O3. The van der Waals surface area contributed by atoms with Gasteiger partial charge in [0.25, 0.3) is 0 Å². The van der Waals surface area contributed by atoms with E-state index in [1.54, 1.807) is 9.58 Å². The fraction of sp³-hybridized carbons (Fsp3) is 0.400. The van der Waals surface area contributed by atoms with E-state index in [0.717, 1.165) is 33.4 Å². The summed E-state index contributed by atoms with van der Waals surface area (Å²) in [5.41, 5.74) is 4.61. The average molecular weight is 403 g/mol. The van der Waals surface area contributed by atoms with Gasteiger partial charge in [0.2, 0.25) is 5.91 Å². The molecule has 1 amide bonds. The molecule has 0 unspecified atom stereocenters. The molecule has 0 aliphatic carbocycles. The Morgan fingerprint density at radius 2 is 2.29 bits per heavy atom. The van der Waals surface area contributed by atoms with E-state index in [4.69, 9.17) is 16.3 Å². The van der Waals surface area contributed by atoms with Crippen LogP contribution >= 0.6 is 11.6 Å². The van der Waals surface area contributed by atoms with Crippen molar-refractivity contribution in [3.8, 4) is 17.0 Å². The third kappa shape index (κ3) is 2.86. The van der Waals surface area contributed by atoms with Gasteiger partial charge in [0, 0.05) is 48.4 Å². The molecular weight excluding hydrogens is 380 g/mol. The van der Waals surface area contributed by atoms with Gasteiger partial charge in [-0.1, -0.05) is 11.6 Å². The van der Waals surface area contributed by atoms with Crippen LogP contribution in [0.3, 0.4) is 0 Å².